The van der Waals surface area contributed by atoms with Crippen molar-refractivity contribution >= 4 is 45.8 Å². The Labute approximate surface area is 224 Å². The van der Waals surface area contributed by atoms with E-state index in [9.17, 15) is 14.7 Å². The van der Waals surface area contributed by atoms with E-state index in [0.29, 0.717) is 29.1 Å². The SMILES string of the molecule is COc1cc(C(=O)Oc2cc3c4c(c2)c(C2=NC(=S)NC2=O)c(O)n4C(C)(C)CC3C)cc(OC)c1OC. The van der Waals surface area contributed by atoms with Crippen molar-refractivity contribution in [3.63, 3.8) is 0 Å². The summed E-state index contributed by atoms with van der Waals surface area (Å²) < 4.78 is 23.7. The minimum absolute atomic E-state index is 0.0145. The highest BCUT2D eigenvalue weighted by atomic mass is 32.1. The highest BCUT2D eigenvalue weighted by molar-refractivity contribution is 7.80. The zero-order chi connectivity index (χ0) is 27.5. The molecule has 3 heterocycles. The molecule has 11 heteroatoms. The Morgan fingerprint density at radius 2 is 1.79 bits per heavy atom. The van der Waals surface area contributed by atoms with Crippen LogP contribution in [0.15, 0.2) is 29.3 Å². The van der Waals surface area contributed by atoms with Gasteiger partial charge in [0.05, 0.1) is 38.0 Å². The number of ether oxygens (including phenoxy) is 4. The molecule has 2 aromatic carbocycles. The van der Waals surface area contributed by atoms with E-state index in [4.69, 9.17) is 31.2 Å². The molecule has 0 radical (unpaired) electrons. The molecule has 0 saturated heterocycles. The first kappa shape index (κ1) is 25.5. The van der Waals surface area contributed by atoms with E-state index < -0.39 is 17.4 Å². The van der Waals surface area contributed by atoms with Gasteiger partial charge < -0.3 is 28.6 Å². The Bertz CT molecular complexity index is 1550. The molecule has 0 spiro atoms. The zero-order valence-electron chi connectivity index (χ0n) is 21.8. The van der Waals surface area contributed by atoms with Crippen molar-refractivity contribution in [1.82, 2.24) is 9.88 Å². The summed E-state index contributed by atoms with van der Waals surface area (Å²) in [6.07, 6.45) is 0.706. The summed E-state index contributed by atoms with van der Waals surface area (Å²) in [5.74, 6) is 0.0445. The number of nitrogens with zero attached hydrogens (tertiary/aromatic N) is 2. The van der Waals surface area contributed by atoms with Gasteiger partial charge in [-0.15, -0.1) is 0 Å². The van der Waals surface area contributed by atoms with Crippen LogP contribution < -0.4 is 24.3 Å². The molecule has 2 aliphatic rings. The fourth-order valence-electron chi connectivity index (χ4n) is 5.49. The molecule has 1 atom stereocenters. The normalized spacial score (nSPS) is 17.7. The van der Waals surface area contributed by atoms with E-state index in [1.165, 1.54) is 33.5 Å². The fourth-order valence-corrected chi connectivity index (χ4v) is 5.67. The third-order valence-electron chi connectivity index (χ3n) is 6.98. The van der Waals surface area contributed by atoms with Gasteiger partial charge in [-0.05, 0) is 68.2 Å². The lowest BCUT2D eigenvalue weighted by molar-refractivity contribution is -0.113. The van der Waals surface area contributed by atoms with Crippen LogP contribution in [-0.2, 0) is 10.3 Å². The first-order valence-corrected chi connectivity index (χ1v) is 12.3. The maximum absolute atomic E-state index is 13.3. The second kappa shape index (κ2) is 9.02. The molecule has 2 aliphatic heterocycles. The molecule has 0 fully saturated rings. The minimum Gasteiger partial charge on any atom is -0.494 e. The van der Waals surface area contributed by atoms with Crippen molar-refractivity contribution in [3.8, 4) is 28.9 Å². The molecule has 1 amide bonds. The third kappa shape index (κ3) is 3.85. The first-order chi connectivity index (χ1) is 18.0. The van der Waals surface area contributed by atoms with Crippen LogP contribution in [0.5, 0.6) is 28.9 Å². The summed E-state index contributed by atoms with van der Waals surface area (Å²) in [6.45, 7) is 6.12. The number of rotatable bonds is 6. The second-order valence-corrected chi connectivity index (χ2v) is 10.3. The van der Waals surface area contributed by atoms with E-state index in [0.717, 1.165) is 11.1 Å². The van der Waals surface area contributed by atoms with Crippen molar-refractivity contribution in [3.05, 3.63) is 41.0 Å². The van der Waals surface area contributed by atoms with Gasteiger partial charge >= 0.3 is 5.97 Å². The van der Waals surface area contributed by atoms with E-state index in [1.54, 1.807) is 12.1 Å². The van der Waals surface area contributed by atoms with Gasteiger partial charge in [0.15, 0.2) is 11.5 Å². The van der Waals surface area contributed by atoms with Crippen molar-refractivity contribution in [1.29, 1.82) is 0 Å². The lowest BCUT2D eigenvalue weighted by atomic mass is 9.82. The zero-order valence-corrected chi connectivity index (χ0v) is 22.6. The average Bonchev–Trinajstić information content (AvgIpc) is 3.35. The minimum atomic E-state index is -0.651. The number of hydrogen-bond donors (Lipinski definition) is 2. The summed E-state index contributed by atoms with van der Waals surface area (Å²) in [5.41, 5.74) is 1.62. The van der Waals surface area contributed by atoms with Crippen molar-refractivity contribution in [2.24, 2.45) is 4.99 Å². The molecule has 1 unspecified atom stereocenters. The van der Waals surface area contributed by atoms with Crippen molar-refractivity contribution < 1.29 is 33.6 Å². The van der Waals surface area contributed by atoms with Gasteiger partial charge in [0.25, 0.3) is 5.91 Å². The van der Waals surface area contributed by atoms with Gasteiger partial charge in [0.1, 0.15) is 11.5 Å². The van der Waals surface area contributed by atoms with Gasteiger partial charge in [-0.25, -0.2) is 9.79 Å². The highest BCUT2D eigenvalue weighted by Gasteiger charge is 2.39. The number of esters is 1. The third-order valence-corrected chi connectivity index (χ3v) is 7.17. The Kier molecular flexibility index (Phi) is 6.06. The predicted molar refractivity (Wildman–Crippen MR) is 144 cm³/mol. The highest BCUT2D eigenvalue weighted by Crippen LogP contribution is 2.49. The van der Waals surface area contributed by atoms with Gasteiger partial charge in [-0.1, -0.05) is 6.92 Å². The van der Waals surface area contributed by atoms with Crippen molar-refractivity contribution in [2.75, 3.05) is 21.3 Å². The van der Waals surface area contributed by atoms with E-state index in [1.807, 2.05) is 18.4 Å². The monoisotopic (exact) mass is 537 g/mol. The summed E-state index contributed by atoms with van der Waals surface area (Å²) in [6, 6.07) is 6.43. The number of hydrogen-bond acceptors (Lipinski definition) is 8. The number of thiocarbonyl (C=S) groups is 1. The second-order valence-electron chi connectivity index (χ2n) is 9.88. The summed E-state index contributed by atoms with van der Waals surface area (Å²) in [5, 5.41) is 14.4. The van der Waals surface area contributed by atoms with Crippen LogP contribution in [0.4, 0.5) is 0 Å². The van der Waals surface area contributed by atoms with E-state index in [2.05, 4.69) is 17.2 Å². The number of benzene rings is 2. The maximum Gasteiger partial charge on any atom is 0.343 e. The molecule has 2 N–H and O–H groups in total. The van der Waals surface area contributed by atoms with E-state index in [-0.39, 0.29) is 39.5 Å². The van der Waals surface area contributed by atoms with Crippen LogP contribution in [0.25, 0.3) is 10.9 Å². The van der Waals surface area contributed by atoms with E-state index >= 15 is 0 Å². The largest absolute Gasteiger partial charge is 0.494 e. The Balaban J connectivity index is 1.67. The van der Waals surface area contributed by atoms with Crippen LogP contribution in [-0.4, -0.2) is 53.7 Å². The van der Waals surface area contributed by atoms with Gasteiger partial charge in [0.2, 0.25) is 16.7 Å². The van der Waals surface area contributed by atoms with Gasteiger partial charge in [-0.2, -0.15) is 0 Å². The molecule has 1 aromatic heterocycles. The molecule has 38 heavy (non-hydrogen) atoms. The molecule has 0 bridgehead atoms. The Morgan fingerprint density at radius 1 is 1.13 bits per heavy atom. The van der Waals surface area contributed by atoms with Crippen molar-refractivity contribution in [2.45, 2.75) is 38.6 Å². The molecule has 0 aliphatic carbocycles. The Morgan fingerprint density at radius 3 is 2.34 bits per heavy atom. The van der Waals surface area contributed by atoms with Crippen LogP contribution in [0.3, 0.4) is 0 Å². The lowest BCUT2D eigenvalue weighted by Crippen LogP contribution is -2.31. The molecular weight excluding hydrogens is 510 g/mol. The summed E-state index contributed by atoms with van der Waals surface area (Å²) >= 11 is 5.07. The number of carbonyl (C=O) groups excluding carboxylic acids is 2. The summed E-state index contributed by atoms with van der Waals surface area (Å²) in [4.78, 5) is 30.1. The van der Waals surface area contributed by atoms with Gasteiger partial charge in [0, 0.05) is 10.9 Å². The maximum atomic E-state index is 13.3. The fraction of sp³-hybridized carbons (Fsp3) is 0.333. The number of methoxy groups -OCH3 is 3. The molecule has 10 nitrogen and oxygen atoms in total. The predicted octanol–water partition coefficient (Wildman–Crippen LogP) is 4.04. The average molecular weight is 538 g/mol. The van der Waals surface area contributed by atoms with Crippen LogP contribution in [0, 0.1) is 0 Å². The number of amides is 1. The molecule has 198 valence electrons. The number of carbonyl (C=O) groups is 2. The standard InChI is InChI=1S/C27H27N3O7S/c1-12-11-27(2,3)30-21-15(12)9-14(10-16(21)19(24(30)32)20-23(31)29-26(38)28-20)37-25(33)13-7-17(34-4)22(36-6)18(8-13)35-5/h7-10,12,32H,11H2,1-6H3,(H,29,31,38). The number of aromatic hydroxyl groups is 1. The Hall–Kier alpha value is -4.12. The number of aliphatic imine (C=N–C) groups is 1. The first-order valence-electron chi connectivity index (χ1n) is 11.9. The molecule has 3 aromatic rings. The van der Waals surface area contributed by atoms with Crippen LogP contribution in [0.2, 0.25) is 0 Å². The topological polar surface area (TPSA) is 121 Å². The molecule has 5 rings (SSSR count). The smallest absolute Gasteiger partial charge is 0.343 e. The lowest BCUT2D eigenvalue weighted by Gasteiger charge is -2.37. The quantitative estimate of drug-likeness (QED) is 0.275. The van der Waals surface area contributed by atoms with Gasteiger partial charge in [-0.3, -0.25) is 10.1 Å². The van der Waals surface area contributed by atoms with Crippen LogP contribution >= 0.6 is 12.2 Å². The number of aromatic nitrogens is 1. The summed E-state index contributed by atoms with van der Waals surface area (Å²) in [7, 11) is 4.39. The van der Waals surface area contributed by atoms with Crippen LogP contribution in [0.1, 0.15) is 54.6 Å². The molecule has 0 saturated carbocycles. The number of nitrogens with one attached hydrogen (secondary N) is 1. The molecular formula is C27H27N3O7S.